The number of rotatable bonds is 4. The zero-order chi connectivity index (χ0) is 30.9. The van der Waals surface area contributed by atoms with Gasteiger partial charge in [-0.2, -0.15) is 0 Å². The van der Waals surface area contributed by atoms with Gasteiger partial charge in [0.1, 0.15) is 11.2 Å². The van der Waals surface area contributed by atoms with Gasteiger partial charge in [-0.3, -0.25) is 0 Å². The van der Waals surface area contributed by atoms with Crippen molar-refractivity contribution in [2.45, 2.75) is 0 Å². The molecule has 0 saturated heterocycles. The Morgan fingerprint density at radius 1 is 0.340 bits per heavy atom. The number of fused-ring (bicyclic) bond motifs is 6. The summed E-state index contributed by atoms with van der Waals surface area (Å²) in [5.41, 5.74) is 11.7. The van der Waals surface area contributed by atoms with E-state index in [0.717, 1.165) is 49.8 Å². The van der Waals surface area contributed by atoms with Crippen molar-refractivity contribution in [3.8, 4) is 67.5 Å². The van der Waals surface area contributed by atoms with Crippen molar-refractivity contribution in [1.29, 1.82) is 0 Å². The lowest BCUT2D eigenvalue weighted by molar-refractivity contribution is 0.669. The lowest BCUT2D eigenvalue weighted by atomic mass is 9.93. The van der Waals surface area contributed by atoms with Gasteiger partial charge in [0, 0.05) is 27.5 Å². The highest BCUT2D eigenvalue weighted by molar-refractivity contribution is 6.21. The molecule has 0 atom stereocenters. The minimum atomic E-state index is 0.626. The van der Waals surface area contributed by atoms with Crippen molar-refractivity contribution in [3.63, 3.8) is 0 Å². The fraction of sp³-hybridized carbons (Fsp3) is 0. The topological polar surface area (TPSA) is 51.8 Å². The third-order valence-corrected chi connectivity index (χ3v) is 9.28. The fourth-order valence-electron chi connectivity index (χ4n) is 7.17. The molecule has 0 aliphatic heterocycles. The number of benzene rings is 7. The molecule has 0 radical (unpaired) electrons. The molecule has 0 amide bonds. The van der Waals surface area contributed by atoms with Crippen LogP contribution in [0.2, 0.25) is 0 Å². The molecule has 7 aromatic carbocycles. The summed E-state index contributed by atoms with van der Waals surface area (Å²) in [5.74, 6) is 1.90. The highest BCUT2D eigenvalue weighted by Gasteiger charge is 2.25. The van der Waals surface area contributed by atoms with Gasteiger partial charge >= 0.3 is 0 Å². The van der Waals surface area contributed by atoms with E-state index >= 15 is 0 Å². The molecule has 9 aromatic rings. The molecular weight excluding hydrogens is 574 g/mol. The quantitative estimate of drug-likeness (QED) is 0.202. The third-order valence-electron chi connectivity index (χ3n) is 9.28. The fourth-order valence-corrected chi connectivity index (χ4v) is 7.17. The van der Waals surface area contributed by atoms with Crippen LogP contribution >= 0.6 is 0 Å². The van der Waals surface area contributed by atoms with Crippen molar-refractivity contribution in [1.82, 2.24) is 15.0 Å². The van der Waals surface area contributed by atoms with Crippen molar-refractivity contribution in [2.24, 2.45) is 0 Å². The van der Waals surface area contributed by atoms with Gasteiger partial charge in [-0.15, -0.1) is 0 Å². The van der Waals surface area contributed by atoms with E-state index < -0.39 is 0 Å². The molecule has 1 aliphatic rings. The summed E-state index contributed by atoms with van der Waals surface area (Å²) in [7, 11) is 0. The Hall–Kier alpha value is -6.39. The predicted octanol–water partition coefficient (Wildman–Crippen LogP) is 11.2. The predicted molar refractivity (Wildman–Crippen MR) is 191 cm³/mol. The van der Waals surface area contributed by atoms with E-state index in [4.69, 9.17) is 19.4 Å². The Morgan fingerprint density at radius 3 is 1.51 bits per heavy atom. The summed E-state index contributed by atoms with van der Waals surface area (Å²) in [4.78, 5) is 15.0. The molecule has 0 spiro atoms. The lowest BCUT2D eigenvalue weighted by Crippen LogP contribution is -2.01. The van der Waals surface area contributed by atoms with E-state index in [9.17, 15) is 0 Å². The molecule has 47 heavy (non-hydrogen) atoms. The molecule has 1 aliphatic carbocycles. The molecule has 4 nitrogen and oxygen atoms in total. The lowest BCUT2D eigenvalue weighted by Gasteiger charge is -2.13. The Labute approximate surface area is 270 Å². The molecule has 2 aromatic heterocycles. The zero-order valence-corrected chi connectivity index (χ0v) is 25.2. The molecule has 0 N–H and O–H groups in total. The van der Waals surface area contributed by atoms with E-state index in [1.807, 2.05) is 66.7 Å². The first-order valence-electron chi connectivity index (χ1n) is 15.8. The van der Waals surface area contributed by atoms with Crippen molar-refractivity contribution in [2.75, 3.05) is 0 Å². The van der Waals surface area contributed by atoms with Gasteiger partial charge in [-0.25, -0.2) is 15.0 Å². The summed E-state index contributed by atoms with van der Waals surface area (Å²) >= 11 is 0. The van der Waals surface area contributed by atoms with Crippen LogP contribution in [0.3, 0.4) is 0 Å². The maximum absolute atomic E-state index is 6.59. The Balaban J connectivity index is 1.21. The normalized spacial score (nSPS) is 11.8. The first-order valence-corrected chi connectivity index (χ1v) is 15.8. The average Bonchev–Trinajstić information content (AvgIpc) is 3.67. The summed E-state index contributed by atoms with van der Waals surface area (Å²) in [5, 5.41) is 4.75. The van der Waals surface area contributed by atoms with E-state index in [0.29, 0.717) is 17.5 Å². The molecule has 10 rings (SSSR count). The Bertz CT molecular complexity index is 2610. The first-order chi connectivity index (χ1) is 23.3. The molecule has 0 bridgehead atoms. The van der Waals surface area contributed by atoms with Gasteiger partial charge in [0.2, 0.25) is 0 Å². The van der Waals surface area contributed by atoms with Crippen LogP contribution in [-0.2, 0) is 0 Å². The van der Waals surface area contributed by atoms with E-state index in [1.165, 1.54) is 33.0 Å². The van der Waals surface area contributed by atoms with Crippen LogP contribution in [0.15, 0.2) is 156 Å². The van der Waals surface area contributed by atoms with Gasteiger partial charge in [0.25, 0.3) is 0 Å². The minimum absolute atomic E-state index is 0.626. The second kappa shape index (κ2) is 10.1. The summed E-state index contributed by atoms with van der Waals surface area (Å²) in [6, 6.07) is 52.5. The maximum Gasteiger partial charge on any atom is 0.164 e. The van der Waals surface area contributed by atoms with E-state index in [2.05, 4.69) is 84.9 Å². The van der Waals surface area contributed by atoms with Gasteiger partial charge < -0.3 is 4.42 Å². The third kappa shape index (κ3) is 3.98. The summed E-state index contributed by atoms with van der Waals surface area (Å²) in [6.45, 7) is 0. The van der Waals surface area contributed by atoms with Gasteiger partial charge in [0.15, 0.2) is 17.5 Å². The first kappa shape index (κ1) is 25.9. The summed E-state index contributed by atoms with van der Waals surface area (Å²) < 4.78 is 6.59. The highest BCUT2D eigenvalue weighted by atomic mass is 16.3. The maximum atomic E-state index is 6.59. The van der Waals surface area contributed by atoms with Crippen molar-refractivity contribution in [3.05, 3.63) is 152 Å². The summed E-state index contributed by atoms with van der Waals surface area (Å²) in [6.07, 6.45) is 0. The SMILES string of the molecule is c1ccc(-c2nc(-c3ccccc3)nc(-c3ccccc3-c3cccc4oc5cc6c(cc5c34)-c3cccc4cccc-6c34)n2)cc1. The number of hydrogen-bond acceptors (Lipinski definition) is 4. The standard InChI is InChI=1S/C43H25N3O/c1-3-12-27(13-4-1)41-44-42(28-14-5-2-6-15-28)46-43(45-41)33-19-8-7-18-29(33)30-22-11-23-37-40(30)36-24-34-31-20-9-16-26-17-10-21-32(39(26)31)35(34)25-38(36)47-37/h1-25H. The molecule has 2 heterocycles. The molecule has 0 saturated carbocycles. The average molecular weight is 600 g/mol. The van der Waals surface area contributed by atoms with Crippen LogP contribution in [0.1, 0.15) is 0 Å². The highest BCUT2D eigenvalue weighted by Crippen LogP contribution is 2.50. The van der Waals surface area contributed by atoms with Gasteiger partial charge in [-0.05, 0) is 62.4 Å². The van der Waals surface area contributed by atoms with Crippen LogP contribution in [0.4, 0.5) is 0 Å². The molecular formula is C43H25N3O. The number of nitrogens with zero attached hydrogens (tertiary/aromatic N) is 3. The number of hydrogen-bond donors (Lipinski definition) is 0. The molecule has 0 fully saturated rings. The van der Waals surface area contributed by atoms with Crippen molar-refractivity contribution < 1.29 is 4.42 Å². The second-order valence-electron chi connectivity index (χ2n) is 12.0. The molecule has 0 unspecified atom stereocenters. The van der Waals surface area contributed by atoms with E-state index in [1.54, 1.807) is 0 Å². The zero-order valence-electron chi connectivity index (χ0n) is 25.2. The Morgan fingerprint density at radius 2 is 0.851 bits per heavy atom. The Kier molecular flexibility index (Phi) is 5.54. The molecule has 218 valence electrons. The van der Waals surface area contributed by atoms with E-state index in [-0.39, 0.29) is 0 Å². The van der Waals surface area contributed by atoms with Crippen LogP contribution < -0.4 is 0 Å². The van der Waals surface area contributed by atoms with Crippen LogP contribution in [0.25, 0.3) is 100 Å². The number of aromatic nitrogens is 3. The van der Waals surface area contributed by atoms with Gasteiger partial charge in [0.05, 0.1) is 0 Å². The molecule has 4 heteroatoms. The smallest absolute Gasteiger partial charge is 0.164 e. The number of furan rings is 1. The largest absolute Gasteiger partial charge is 0.456 e. The monoisotopic (exact) mass is 599 g/mol. The van der Waals surface area contributed by atoms with Crippen molar-refractivity contribution >= 4 is 32.7 Å². The second-order valence-corrected chi connectivity index (χ2v) is 12.0. The minimum Gasteiger partial charge on any atom is -0.456 e. The van der Waals surface area contributed by atoms with Crippen LogP contribution in [0.5, 0.6) is 0 Å². The van der Waals surface area contributed by atoms with Crippen LogP contribution in [-0.4, -0.2) is 15.0 Å². The van der Waals surface area contributed by atoms with Crippen LogP contribution in [0, 0.1) is 0 Å². The van der Waals surface area contributed by atoms with Gasteiger partial charge in [-0.1, -0.05) is 133 Å².